The molecule has 15 heteroatoms. The fraction of sp³-hybridized carbons (Fsp3) is 0.100. The SMILES string of the molecule is NC(=O)c1ccc(C(N)=O)c(C2(S(=O)(=O)O)CC(N)=CC=C2c2ccc(N)cc2S(=O)(=O)O)c1.[Na]. The minimum atomic E-state index is -5.30. The summed E-state index contributed by atoms with van der Waals surface area (Å²) in [5.74, 6) is -2.10. The normalized spacial score (nSPS) is 18.1. The van der Waals surface area contributed by atoms with Crippen LogP contribution in [-0.2, 0) is 25.0 Å². The van der Waals surface area contributed by atoms with Gasteiger partial charge in [-0.1, -0.05) is 12.1 Å². The number of hydrogen-bond acceptors (Lipinski definition) is 8. The Kier molecular flexibility index (Phi) is 7.93. The predicted molar refractivity (Wildman–Crippen MR) is 128 cm³/mol. The first kappa shape index (κ1) is 28.5. The van der Waals surface area contributed by atoms with Gasteiger partial charge in [0, 0.05) is 64.1 Å². The first-order valence-electron chi connectivity index (χ1n) is 9.35. The van der Waals surface area contributed by atoms with Crippen molar-refractivity contribution >= 4 is 72.9 Å². The number of primary amides is 2. The fourth-order valence-electron chi connectivity index (χ4n) is 3.90. The number of carbonyl (C=O) groups excluding carboxylic acids is 2. The number of amides is 2. The van der Waals surface area contributed by atoms with Crippen LogP contribution < -0.4 is 22.9 Å². The first-order valence-corrected chi connectivity index (χ1v) is 12.2. The van der Waals surface area contributed by atoms with E-state index in [9.17, 15) is 35.5 Å². The first-order chi connectivity index (χ1) is 15.6. The topological polar surface area (TPSA) is 247 Å². The van der Waals surface area contributed by atoms with Gasteiger partial charge in [-0.25, -0.2) is 0 Å². The van der Waals surface area contributed by atoms with Gasteiger partial charge in [-0.15, -0.1) is 0 Å². The summed E-state index contributed by atoms with van der Waals surface area (Å²) < 4.78 is 68.0. The Morgan fingerprint density at radius 2 is 1.51 bits per heavy atom. The van der Waals surface area contributed by atoms with Crippen LogP contribution in [0.3, 0.4) is 0 Å². The molecule has 12 nitrogen and oxygen atoms in total. The summed E-state index contributed by atoms with van der Waals surface area (Å²) in [6.45, 7) is 0. The summed E-state index contributed by atoms with van der Waals surface area (Å²) in [6, 6.07) is 6.35. The van der Waals surface area contributed by atoms with E-state index in [0.717, 1.165) is 36.4 Å². The molecule has 1 unspecified atom stereocenters. The van der Waals surface area contributed by atoms with E-state index >= 15 is 0 Å². The average molecular weight is 532 g/mol. The summed E-state index contributed by atoms with van der Waals surface area (Å²) in [4.78, 5) is 23.3. The quantitative estimate of drug-likeness (QED) is 0.162. The van der Waals surface area contributed by atoms with Crippen molar-refractivity contribution in [2.24, 2.45) is 17.2 Å². The molecule has 0 spiro atoms. The zero-order chi connectivity index (χ0) is 25.6. The fourth-order valence-corrected chi connectivity index (χ4v) is 5.90. The van der Waals surface area contributed by atoms with Gasteiger partial charge in [-0.3, -0.25) is 18.7 Å². The van der Waals surface area contributed by atoms with E-state index in [1.54, 1.807) is 0 Å². The number of nitrogen functional groups attached to an aromatic ring is 1. The van der Waals surface area contributed by atoms with Crippen molar-refractivity contribution in [2.75, 3.05) is 5.73 Å². The molecule has 1 aliphatic carbocycles. The van der Waals surface area contributed by atoms with Crippen LogP contribution in [0.2, 0.25) is 0 Å². The van der Waals surface area contributed by atoms with Gasteiger partial charge in [0.05, 0.1) is 0 Å². The molecule has 10 N–H and O–H groups in total. The molecule has 1 aliphatic rings. The second-order valence-electron chi connectivity index (χ2n) is 7.52. The van der Waals surface area contributed by atoms with Crippen LogP contribution in [0.4, 0.5) is 5.69 Å². The molecule has 2 aromatic carbocycles. The minimum absolute atomic E-state index is 0. The number of carbonyl (C=O) groups is 2. The van der Waals surface area contributed by atoms with E-state index in [0.29, 0.717) is 0 Å². The maximum Gasteiger partial charge on any atom is 0.295 e. The zero-order valence-corrected chi connectivity index (χ0v) is 21.9. The van der Waals surface area contributed by atoms with Crippen molar-refractivity contribution in [3.05, 3.63) is 76.5 Å². The molecule has 0 aromatic heterocycles. The molecule has 0 bridgehead atoms. The van der Waals surface area contributed by atoms with Crippen LogP contribution in [-0.4, -0.2) is 67.3 Å². The van der Waals surface area contributed by atoms with Crippen molar-refractivity contribution in [3.8, 4) is 0 Å². The molecule has 2 aromatic rings. The average Bonchev–Trinajstić information content (AvgIpc) is 2.71. The van der Waals surface area contributed by atoms with Crippen molar-refractivity contribution in [1.29, 1.82) is 0 Å². The molecular formula is C20H20N4NaO8S2. The van der Waals surface area contributed by atoms with Gasteiger partial charge < -0.3 is 22.9 Å². The molecule has 3 rings (SSSR count). The third-order valence-corrected chi connectivity index (χ3v) is 7.73. The summed E-state index contributed by atoms with van der Waals surface area (Å²) in [5, 5.41) is 0. The van der Waals surface area contributed by atoms with E-state index in [-0.39, 0.29) is 57.6 Å². The maximum atomic E-state index is 13.0. The Morgan fingerprint density at radius 3 is 2.03 bits per heavy atom. The van der Waals surface area contributed by atoms with E-state index in [1.807, 2.05) is 0 Å². The van der Waals surface area contributed by atoms with E-state index in [4.69, 9.17) is 22.9 Å². The second-order valence-corrected chi connectivity index (χ2v) is 10.6. The molecule has 0 heterocycles. The number of anilines is 1. The van der Waals surface area contributed by atoms with Crippen LogP contribution >= 0.6 is 0 Å². The second kappa shape index (κ2) is 9.73. The van der Waals surface area contributed by atoms with Crippen molar-refractivity contribution in [2.45, 2.75) is 16.1 Å². The Hall–Kier alpha value is -2.72. The molecule has 1 atom stereocenters. The van der Waals surface area contributed by atoms with E-state index in [1.165, 1.54) is 12.1 Å². The molecule has 35 heavy (non-hydrogen) atoms. The molecule has 181 valence electrons. The summed E-state index contributed by atoms with van der Waals surface area (Å²) in [7, 11) is -10.3. The Labute approximate surface area is 222 Å². The predicted octanol–water partition coefficient (Wildman–Crippen LogP) is -0.254. The largest absolute Gasteiger partial charge is 0.402 e. The van der Waals surface area contributed by atoms with Gasteiger partial charge >= 0.3 is 0 Å². The molecule has 0 saturated carbocycles. The molecule has 2 amide bonds. The van der Waals surface area contributed by atoms with Crippen LogP contribution in [0.1, 0.15) is 38.3 Å². The van der Waals surface area contributed by atoms with Crippen LogP contribution in [0.25, 0.3) is 5.57 Å². The van der Waals surface area contributed by atoms with Crippen LogP contribution in [0, 0.1) is 0 Å². The zero-order valence-electron chi connectivity index (χ0n) is 18.3. The van der Waals surface area contributed by atoms with E-state index in [2.05, 4.69) is 0 Å². The Bertz CT molecular complexity index is 1520. The summed E-state index contributed by atoms with van der Waals surface area (Å²) in [5.41, 5.74) is 20.3. The molecular weight excluding hydrogens is 511 g/mol. The molecule has 1 radical (unpaired) electrons. The van der Waals surface area contributed by atoms with Gasteiger partial charge in [0.2, 0.25) is 11.8 Å². The molecule has 0 fully saturated rings. The number of allylic oxidation sites excluding steroid dienone is 3. The van der Waals surface area contributed by atoms with Crippen molar-refractivity contribution in [3.63, 3.8) is 0 Å². The molecule has 0 saturated heterocycles. The van der Waals surface area contributed by atoms with Gasteiger partial charge in [-0.05, 0) is 47.5 Å². The minimum Gasteiger partial charge on any atom is -0.402 e. The van der Waals surface area contributed by atoms with Gasteiger partial charge in [0.15, 0.2) is 4.75 Å². The van der Waals surface area contributed by atoms with Gasteiger partial charge in [0.1, 0.15) is 4.90 Å². The maximum absolute atomic E-state index is 13.0. The third-order valence-electron chi connectivity index (χ3n) is 5.37. The summed E-state index contributed by atoms with van der Waals surface area (Å²) >= 11 is 0. The monoisotopic (exact) mass is 531 g/mol. The van der Waals surface area contributed by atoms with E-state index < -0.39 is 59.2 Å². The number of hydrogen-bond donors (Lipinski definition) is 6. The third kappa shape index (κ3) is 5.13. The van der Waals surface area contributed by atoms with Crippen LogP contribution in [0.15, 0.2) is 59.1 Å². The number of rotatable bonds is 6. The van der Waals surface area contributed by atoms with Crippen molar-refractivity contribution in [1.82, 2.24) is 0 Å². The van der Waals surface area contributed by atoms with Crippen LogP contribution in [0.5, 0.6) is 0 Å². The smallest absolute Gasteiger partial charge is 0.295 e. The van der Waals surface area contributed by atoms with Gasteiger partial charge in [-0.2, -0.15) is 16.8 Å². The standard InChI is InChI=1S/C20H20N4O8S2.Na/c21-11-2-5-13(17(8-11)33(27,28)29)15-6-3-12(22)9-20(15,34(30,31)32)16-7-10(18(23)25)1-4-14(16)19(24)26;/h1-8H,9,21-22H2,(H2,23,25)(H2,24,26)(H,27,28,29)(H,30,31,32);. The van der Waals surface area contributed by atoms with Gasteiger partial charge in [0.25, 0.3) is 20.2 Å². The molecule has 0 aliphatic heterocycles. The number of benzene rings is 2. The Morgan fingerprint density at radius 1 is 0.886 bits per heavy atom. The number of nitrogens with two attached hydrogens (primary N) is 4. The Balaban J connectivity index is 0.00000432. The summed E-state index contributed by atoms with van der Waals surface area (Å²) in [6.07, 6.45) is 1.69. The van der Waals surface area contributed by atoms with Crippen molar-refractivity contribution < 1.29 is 35.5 Å².